The van der Waals surface area contributed by atoms with Crippen molar-refractivity contribution in [2.75, 3.05) is 115 Å². The standard InChI is InChI=1S/2C34H48BrClFN5O6/c2*1-33(2,3)47-26(43)20-45-19-21-10-12-40(13-11-21)24-8-7-9-25(24)46-31-38-29-22(18-23(36)27(35)28(29)37)30(39-31)41-14-16-42(17-15-41)32(44)48-34(4,5)6/h2*18,21,24-25H,7-17,19-20H2,1-6H3/t2*24-,25-/m10/s1. The highest BCUT2D eigenvalue weighted by Gasteiger charge is 2.40. The Morgan fingerprint density at radius 1 is 0.479 bits per heavy atom. The van der Waals surface area contributed by atoms with Crippen molar-refractivity contribution in [3.8, 4) is 12.0 Å². The Hall–Kier alpha value is -4.96. The molecule has 6 heterocycles. The number of aromatic nitrogens is 4. The van der Waals surface area contributed by atoms with Crippen molar-refractivity contribution in [2.24, 2.45) is 11.8 Å². The van der Waals surface area contributed by atoms with E-state index in [1.54, 1.807) is 21.9 Å². The zero-order valence-corrected chi connectivity index (χ0v) is 62.3. The summed E-state index contributed by atoms with van der Waals surface area (Å²) in [4.78, 5) is 80.4. The molecular weight excluding hydrogens is 1420 g/mol. The molecule has 2 aromatic carbocycles. The van der Waals surface area contributed by atoms with Gasteiger partial charge in [-0.2, -0.15) is 19.9 Å². The van der Waals surface area contributed by atoms with Crippen LogP contribution in [0.5, 0.6) is 12.0 Å². The van der Waals surface area contributed by atoms with E-state index in [2.05, 4.69) is 51.6 Å². The fourth-order valence-corrected chi connectivity index (χ4v) is 14.2. The van der Waals surface area contributed by atoms with Gasteiger partial charge in [0, 0.05) is 75.2 Å². The predicted octanol–water partition coefficient (Wildman–Crippen LogP) is 13.2. The van der Waals surface area contributed by atoms with Gasteiger partial charge in [0.1, 0.15) is 70.5 Å². The van der Waals surface area contributed by atoms with E-state index in [-0.39, 0.29) is 104 Å². The number of piperidine rings is 2. The fraction of sp³-hybridized carbons (Fsp3) is 0.706. The van der Waals surface area contributed by atoms with Gasteiger partial charge in [0.05, 0.1) is 32.2 Å². The molecule has 0 N–H and O–H groups in total. The number of nitrogens with zero attached hydrogens (tertiary/aromatic N) is 10. The van der Waals surface area contributed by atoms with Gasteiger partial charge in [-0.25, -0.2) is 28.0 Å². The molecule has 6 fully saturated rings. The number of benzene rings is 2. The molecular formula is C68H96Br2Cl2F2N10O12. The minimum Gasteiger partial charge on any atom is -0.458 e. The summed E-state index contributed by atoms with van der Waals surface area (Å²) >= 11 is 19.3. The summed E-state index contributed by atoms with van der Waals surface area (Å²) < 4.78 is 77.7. The molecule has 4 aliphatic heterocycles. The van der Waals surface area contributed by atoms with E-state index in [9.17, 15) is 19.2 Å². The number of ether oxygens (including phenoxy) is 8. The molecule has 28 heteroatoms. The maximum Gasteiger partial charge on any atom is 0.410 e. The van der Waals surface area contributed by atoms with Gasteiger partial charge in [-0.15, -0.1) is 0 Å². The molecule has 532 valence electrons. The molecule has 4 aromatic rings. The second kappa shape index (κ2) is 32.1. The van der Waals surface area contributed by atoms with Gasteiger partial charge in [-0.1, -0.05) is 23.2 Å². The van der Waals surface area contributed by atoms with Crippen LogP contribution in [-0.2, 0) is 38.0 Å². The Kier molecular flexibility index (Phi) is 25.2. The van der Waals surface area contributed by atoms with Crippen molar-refractivity contribution in [1.82, 2.24) is 39.5 Å². The molecule has 0 radical (unpaired) electrons. The molecule has 10 rings (SSSR count). The van der Waals surface area contributed by atoms with Crippen LogP contribution in [0.15, 0.2) is 21.1 Å². The number of anilines is 2. The highest BCUT2D eigenvalue weighted by atomic mass is 79.9. The maximum atomic E-state index is 15.6. The molecule has 0 bridgehead atoms. The Balaban J connectivity index is 0.000000225. The van der Waals surface area contributed by atoms with Gasteiger partial charge in [0.25, 0.3) is 0 Å². The monoisotopic (exact) mass is 1510 g/mol. The molecule has 6 aliphatic rings. The second-order valence-corrected chi connectivity index (χ2v) is 32.2. The summed E-state index contributed by atoms with van der Waals surface area (Å²) in [6, 6.07) is 3.97. The van der Waals surface area contributed by atoms with Crippen molar-refractivity contribution in [3.63, 3.8) is 0 Å². The Morgan fingerprint density at radius 2 is 0.812 bits per heavy atom. The van der Waals surface area contributed by atoms with Crippen LogP contribution in [0.3, 0.4) is 0 Å². The number of hydrogen-bond donors (Lipinski definition) is 0. The number of likely N-dealkylation sites (tertiary alicyclic amines) is 2. The van der Waals surface area contributed by atoms with Crippen molar-refractivity contribution in [2.45, 2.75) is 194 Å². The third-order valence-corrected chi connectivity index (χ3v) is 20.2. The van der Waals surface area contributed by atoms with Gasteiger partial charge in [0.15, 0.2) is 11.6 Å². The van der Waals surface area contributed by atoms with E-state index in [4.69, 9.17) is 71.1 Å². The number of rotatable bonds is 16. The van der Waals surface area contributed by atoms with E-state index in [0.29, 0.717) is 99.8 Å². The lowest BCUT2D eigenvalue weighted by Gasteiger charge is -2.38. The van der Waals surface area contributed by atoms with Crippen molar-refractivity contribution in [1.29, 1.82) is 0 Å². The van der Waals surface area contributed by atoms with Crippen LogP contribution in [0.2, 0.25) is 10.0 Å². The Morgan fingerprint density at radius 3 is 1.14 bits per heavy atom. The van der Waals surface area contributed by atoms with Crippen LogP contribution in [0.25, 0.3) is 21.8 Å². The number of esters is 2. The number of halogens is 6. The van der Waals surface area contributed by atoms with E-state index >= 15 is 8.78 Å². The van der Waals surface area contributed by atoms with Crippen LogP contribution in [-0.4, -0.2) is 215 Å². The molecule has 4 atom stereocenters. The first-order valence-electron chi connectivity index (χ1n) is 33.7. The molecule has 2 aliphatic carbocycles. The molecule has 4 saturated heterocycles. The van der Waals surface area contributed by atoms with E-state index in [1.807, 2.05) is 92.9 Å². The summed E-state index contributed by atoms with van der Waals surface area (Å²) in [5, 5.41) is 1.41. The van der Waals surface area contributed by atoms with Gasteiger partial charge in [0.2, 0.25) is 0 Å². The zero-order valence-electron chi connectivity index (χ0n) is 57.6. The minimum absolute atomic E-state index is 0.0352. The van der Waals surface area contributed by atoms with E-state index in [1.165, 1.54) is 0 Å². The summed E-state index contributed by atoms with van der Waals surface area (Å²) in [7, 11) is 0. The highest BCUT2D eigenvalue weighted by molar-refractivity contribution is 9.11. The molecule has 0 unspecified atom stereocenters. The lowest BCUT2D eigenvalue weighted by Crippen LogP contribution is -2.50. The van der Waals surface area contributed by atoms with Crippen molar-refractivity contribution in [3.05, 3.63) is 42.8 Å². The molecule has 2 amide bonds. The lowest BCUT2D eigenvalue weighted by molar-refractivity contribution is -0.161. The van der Waals surface area contributed by atoms with Crippen molar-refractivity contribution >= 4 is 113 Å². The average molecular weight is 1510 g/mol. The van der Waals surface area contributed by atoms with Crippen LogP contribution < -0.4 is 19.3 Å². The normalized spacial score (nSPS) is 21.5. The van der Waals surface area contributed by atoms with Crippen LogP contribution >= 0.6 is 55.1 Å². The van der Waals surface area contributed by atoms with Gasteiger partial charge in [-0.3, -0.25) is 9.80 Å². The van der Waals surface area contributed by atoms with E-state index in [0.717, 1.165) is 90.4 Å². The summed E-state index contributed by atoms with van der Waals surface area (Å²) in [5.41, 5.74) is -1.97. The summed E-state index contributed by atoms with van der Waals surface area (Å²) in [6.45, 7) is 30.3. The quantitative estimate of drug-likeness (QED) is 0.0579. The molecule has 22 nitrogen and oxygen atoms in total. The van der Waals surface area contributed by atoms with Crippen LogP contribution in [0, 0.1) is 23.5 Å². The molecule has 96 heavy (non-hydrogen) atoms. The Bertz CT molecular complexity index is 3160. The highest BCUT2D eigenvalue weighted by Crippen LogP contribution is 2.41. The van der Waals surface area contributed by atoms with Gasteiger partial charge in [-0.05, 0) is 229 Å². The molecule has 2 aromatic heterocycles. The first kappa shape index (κ1) is 75.2. The third-order valence-electron chi connectivity index (χ3n) is 17.6. The van der Waals surface area contributed by atoms with Crippen LogP contribution in [0.4, 0.5) is 30.0 Å². The first-order valence-corrected chi connectivity index (χ1v) is 36.1. The first-order chi connectivity index (χ1) is 45.2. The number of hydrogen-bond acceptors (Lipinski definition) is 20. The lowest BCUT2D eigenvalue weighted by atomic mass is 9.96. The SMILES string of the molecule is CC(C)(C)OC(=O)COCC1CCN([C@@H]2CCC[C@H]2Oc2nc(N3CCN(C(=O)OC(C)(C)C)CC3)c3cc(Cl)c(Br)c(F)c3n2)CC1.CC(C)(C)OC(=O)COCC1CCN([C@H]2CCC[C@@H]2Oc2nc(N3CCN(C(=O)OC(C)(C)C)CC3)c3cc(Cl)c(Br)c(F)c3n2)CC1. The number of carbonyl (C=O) groups is 4. The Labute approximate surface area is 589 Å². The smallest absolute Gasteiger partial charge is 0.410 e. The fourth-order valence-electron chi connectivity index (χ4n) is 13.2. The number of fused-ring (bicyclic) bond motifs is 2. The topological polar surface area (TPSA) is 213 Å². The number of piperazine rings is 2. The molecule has 0 spiro atoms. The predicted molar refractivity (Wildman–Crippen MR) is 370 cm³/mol. The number of carbonyl (C=O) groups excluding carboxylic acids is 4. The second-order valence-electron chi connectivity index (χ2n) is 29.8. The maximum absolute atomic E-state index is 15.6. The van der Waals surface area contributed by atoms with Crippen molar-refractivity contribution < 1.29 is 65.9 Å². The zero-order chi connectivity index (χ0) is 69.6. The van der Waals surface area contributed by atoms with E-state index < -0.39 is 34.0 Å². The summed E-state index contributed by atoms with van der Waals surface area (Å²) in [5.74, 6) is -0.0381. The largest absolute Gasteiger partial charge is 0.458 e. The average Bonchev–Trinajstić information content (AvgIpc) is 0.784. The van der Waals surface area contributed by atoms with Crippen LogP contribution in [0.1, 0.15) is 147 Å². The third kappa shape index (κ3) is 20.6. The minimum atomic E-state index is -0.587. The summed E-state index contributed by atoms with van der Waals surface area (Å²) in [6.07, 6.45) is 8.55. The van der Waals surface area contributed by atoms with Gasteiger partial charge < -0.3 is 57.5 Å². The number of amides is 2. The molecule has 2 saturated carbocycles. The van der Waals surface area contributed by atoms with Gasteiger partial charge >= 0.3 is 36.1 Å².